The molecular formula is C16H24Cl2N2O2. The summed E-state index contributed by atoms with van der Waals surface area (Å²) < 4.78 is 5.68. The summed E-state index contributed by atoms with van der Waals surface area (Å²) in [6, 6.07) is 7.84. The maximum absolute atomic E-state index is 12.4. The lowest BCUT2D eigenvalue weighted by atomic mass is 10.1. The van der Waals surface area contributed by atoms with E-state index in [0.717, 1.165) is 24.3 Å². The van der Waals surface area contributed by atoms with E-state index in [1.807, 2.05) is 38.2 Å². The quantitative estimate of drug-likeness (QED) is 0.891. The maximum atomic E-state index is 12.4. The summed E-state index contributed by atoms with van der Waals surface area (Å²) in [5, 5.41) is 0.725. The van der Waals surface area contributed by atoms with Crippen LogP contribution in [0.3, 0.4) is 0 Å². The standard InChI is InChI=1S/C16H23ClN2O2.ClH/c1-11(9-12-3-5-13(17)6-4-12)19(2)16(20)15-8-7-14(10-18)21-15;/h3-6,11,14-15H,7-10,18H2,1-2H3;1H/t11?,14-,15+;/m1./s1. The van der Waals surface area contributed by atoms with Gasteiger partial charge < -0.3 is 15.4 Å². The van der Waals surface area contributed by atoms with Gasteiger partial charge in [-0.05, 0) is 43.9 Å². The Hall–Kier alpha value is -0.810. The first-order valence-corrected chi connectivity index (χ1v) is 7.75. The van der Waals surface area contributed by atoms with Crippen LogP contribution in [0.4, 0.5) is 0 Å². The highest BCUT2D eigenvalue weighted by Gasteiger charge is 2.33. The lowest BCUT2D eigenvalue weighted by molar-refractivity contribution is -0.143. The van der Waals surface area contributed by atoms with Crippen molar-refractivity contribution < 1.29 is 9.53 Å². The fourth-order valence-electron chi connectivity index (χ4n) is 2.60. The number of ether oxygens (including phenoxy) is 1. The van der Waals surface area contributed by atoms with Crippen LogP contribution >= 0.6 is 24.0 Å². The highest BCUT2D eigenvalue weighted by atomic mass is 35.5. The molecule has 1 aromatic carbocycles. The number of hydrogen-bond donors (Lipinski definition) is 1. The fourth-order valence-corrected chi connectivity index (χ4v) is 2.73. The number of likely N-dealkylation sites (N-methyl/N-ethyl adjacent to an activating group) is 1. The molecule has 1 amide bonds. The monoisotopic (exact) mass is 346 g/mol. The van der Waals surface area contributed by atoms with Gasteiger partial charge in [-0.25, -0.2) is 0 Å². The lowest BCUT2D eigenvalue weighted by Gasteiger charge is -2.27. The summed E-state index contributed by atoms with van der Waals surface area (Å²) in [5.74, 6) is 0.0485. The topological polar surface area (TPSA) is 55.6 Å². The second-order valence-corrected chi connectivity index (χ2v) is 6.12. The van der Waals surface area contributed by atoms with Gasteiger partial charge >= 0.3 is 0 Å². The van der Waals surface area contributed by atoms with Crippen molar-refractivity contribution in [3.05, 3.63) is 34.9 Å². The Morgan fingerprint density at radius 3 is 2.59 bits per heavy atom. The van der Waals surface area contributed by atoms with E-state index >= 15 is 0 Å². The van der Waals surface area contributed by atoms with Crippen LogP contribution < -0.4 is 5.73 Å². The number of hydrogen-bond acceptors (Lipinski definition) is 3. The molecular weight excluding hydrogens is 323 g/mol. The van der Waals surface area contributed by atoms with E-state index in [1.165, 1.54) is 5.56 Å². The van der Waals surface area contributed by atoms with Gasteiger partial charge in [-0.3, -0.25) is 4.79 Å². The van der Waals surface area contributed by atoms with Gasteiger partial charge in [-0.1, -0.05) is 23.7 Å². The van der Waals surface area contributed by atoms with Crippen molar-refractivity contribution in [3.63, 3.8) is 0 Å². The number of carbonyl (C=O) groups excluding carboxylic acids is 1. The molecule has 0 saturated carbocycles. The van der Waals surface area contributed by atoms with Gasteiger partial charge in [0.05, 0.1) is 6.10 Å². The minimum absolute atomic E-state index is 0. The minimum atomic E-state index is -0.337. The zero-order valence-corrected chi connectivity index (χ0v) is 14.6. The molecule has 2 rings (SSSR count). The Labute approximate surface area is 143 Å². The van der Waals surface area contributed by atoms with Crippen molar-refractivity contribution in [3.8, 4) is 0 Å². The highest BCUT2D eigenvalue weighted by molar-refractivity contribution is 6.30. The van der Waals surface area contributed by atoms with Gasteiger partial charge in [-0.15, -0.1) is 12.4 Å². The van der Waals surface area contributed by atoms with E-state index in [1.54, 1.807) is 4.90 Å². The summed E-state index contributed by atoms with van der Waals surface area (Å²) in [6.07, 6.45) is 2.12. The Kier molecular flexibility index (Phi) is 7.63. The molecule has 1 aromatic rings. The molecule has 1 aliphatic rings. The molecule has 4 nitrogen and oxygen atoms in total. The van der Waals surface area contributed by atoms with Crippen LogP contribution in [0.15, 0.2) is 24.3 Å². The molecule has 1 fully saturated rings. The summed E-state index contributed by atoms with van der Waals surface area (Å²) in [5.41, 5.74) is 6.75. The Morgan fingerprint density at radius 1 is 1.41 bits per heavy atom. The van der Waals surface area contributed by atoms with Gasteiger partial charge in [0.2, 0.25) is 0 Å². The molecule has 1 aliphatic heterocycles. The summed E-state index contributed by atoms with van der Waals surface area (Å²) >= 11 is 5.88. The van der Waals surface area contributed by atoms with E-state index in [4.69, 9.17) is 22.1 Å². The van der Waals surface area contributed by atoms with Crippen LogP contribution in [0.5, 0.6) is 0 Å². The van der Waals surface area contributed by atoms with Gasteiger partial charge in [0.25, 0.3) is 5.91 Å². The molecule has 1 saturated heterocycles. The lowest BCUT2D eigenvalue weighted by Crippen LogP contribution is -2.43. The molecule has 2 N–H and O–H groups in total. The third-order valence-corrected chi connectivity index (χ3v) is 4.35. The van der Waals surface area contributed by atoms with Gasteiger partial charge in [0, 0.05) is 24.7 Å². The fraction of sp³-hybridized carbons (Fsp3) is 0.562. The van der Waals surface area contributed by atoms with Crippen molar-refractivity contribution in [2.45, 2.75) is 44.4 Å². The number of amides is 1. The van der Waals surface area contributed by atoms with Gasteiger partial charge in [0.1, 0.15) is 6.10 Å². The number of benzene rings is 1. The Balaban J connectivity index is 0.00000242. The largest absolute Gasteiger partial charge is 0.364 e. The summed E-state index contributed by atoms with van der Waals surface area (Å²) in [7, 11) is 1.84. The van der Waals surface area contributed by atoms with Crippen LogP contribution in [0.1, 0.15) is 25.3 Å². The molecule has 0 spiro atoms. The Morgan fingerprint density at radius 2 is 2.05 bits per heavy atom. The molecule has 0 bridgehead atoms. The molecule has 6 heteroatoms. The van der Waals surface area contributed by atoms with Crippen molar-refractivity contribution in [1.29, 1.82) is 0 Å². The molecule has 0 radical (unpaired) electrons. The van der Waals surface area contributed by atoms with E-state index in [0.29, 0.717) is 6.54 Å². The maximum Gasteiger partial charge on any atom is 0.251 e. The zero-order valence-electron chi connectivity index (χ0n) is 13.0. The molecule has 0 aliphatic carbocycles. The van der Waals surface area contributed by atoms with E-state index in [9.17, 15) is 4.79 Å². The SMILES string of the molecule is CC(Cc1ccc(Cl)cc1)N(C)C(=O)[C@@H]1CC[C@H](CN)O1.Cl. The van der Waals surface area contributed by atoms with E-state index in [2.05, 4.69) is 0 Å². The summed E-state index contributed by atoms with van der Waals surface area (Å²) in [6.45, 7) is 2.52. The zero-order chi connectivity index (χ0) is 15.4. The molecule has 3 atom stereocenters. The van der Waals surface area contributed by atoms with Crippen LogP contribution in [0.2, 0.25) is 5.02 Å². The molecule has 1 unspecified atom stereocenters. The first-order chi connectivity index (χ1) is 10.0. The van der Waals surface area contributed by atoms with Crippen molar-refractivity contribution in [1.82, 2.24) is 4.90 Å². The van der Waals surface area contributed by atoms with Crippen molar-refractivity contribution in [2.24, 2.45) is 5.73 Å². The number of nitrogens with zero attached hydrogens (tertiary/aromatic N) is 1. The molecule has 0 aromatic heterocycles. The average Bonchev–Trinajstić information content (AvgIpc) is 2.97. The van der Waals surface area contributed by atoms with Gasteiger partial charge in [-0.2, -0.15) is 0 Å². The molecule has 1 heterocycles. The van der Waals surface area contributed by atoms with Crippen LogP contribution in [0, 0.1) is 0 Å². The first kappa shape index (κ1) is 19.2. The second-order valence-electron chi connectivity index (χ2n) is 5.69. The number of carbonyl (C=O) groups is 1. The van der Waals surface area contributed by atoms with Crippen molar-refractivity contribution >= 4 is 29.9 Å². The van der Waals surface area contributed by atoms with E-state index in [-0.39, 0.29) is 36.6 Å². The third-order valence-electron chi connectivity index (χ3n) is 4.10. The van der Waals surface area contributed by atoms with Crippen LogP contribution in [-0.4, -0.2) is 42.6 Å². The number of halogens is 2. The van der Waals surface area contributed by atoms with E-state index < -0.39 is 0 Å². The Bertz CT molecular complexity index is 482. The molecule has 22 heavy (non-hydrogen) atoms. The van der Waals surface area contributed by atoms with Crippen molar-refractivity contribution in [2.75, 3.05) is 13.6 Å². The number of nitrogens with two attached hydrogens (primary N) is 1. The minimum Gasteiger partial charge on any atom is -0.364 e. The van der Waals surface area contributed by atoms with Crippen LogP contribution in [-0.2, 0) is 16.0 Å². The third kappa shape index (κ3) is 4.85. The predicted octanol–water partition coefficient (Wildman–Crippen LogP) is 2.66. The van der Waals surface area contributed by atoms with Crippen LogP contribution in [0.25, 0.3) is 0 Å². The number of rotatable bonds is 5. The second kappa shape index (κ2) is 8.73. The smallest absolute Gasteiger partial charge is 0.251 e. The molecule has 124 valence electrons. The predicted molar refractivity (Wildman–Crippen MR) is 91.6 cm³/mol. The first-order valence-electron chi connectivity index (χ1n) is 7.38. The summed E-state index contributed by atoms with van der Waals surface area (Å²) in [4.78, 5) is 14.2. The highest BCUT2D eigenvalue weighted by Crippen LogP contribution is 2.21. The average molecular weight is 347 g/mol. The normalized spacial score (nSPS) is 22.0. The van der Waals surface area contributed by atoms with Gasteiger partial charge in [0.15, 0.2) is 0 Å².